The van der Waals surface area contributed by atoms with Gasteiger partial charge in [0.2, 0.25) is 0 Å². The maximum atomic E-state index is 12.8. The van der Waals surface area contributed by atoms with Crippen LogP contribution in [-0.4, -0.2) is 108 Å². The molecule has 1 aromatic heterocycles. The second kappa shape index (κ2) is 14.0. The van der Waals surface area contributed by atoms with Crippen LogP contribution >= 0.6 is 0 Å². The summed E-state index contributed by atoms with van der Waals surface area (Å²) in [5.74, 6) is -0.548. The van der Waals surface area contributed by atoms with E-state index < -0.39 is 0 Å². The van der Waals surface area contributed by atoms with Crippen molar-refractivity contribution in [3.8, 4) is 0 Å². The molecule has 0 saturated carbocycles. The van der Waals surface area contributed by atoms with E-state index in [-0.39, 0.29) is 23.2 Å². The van der Waals surface area contributed by atoms with Gasteiger partial charge in [0.25, 0.3) is 11.8 Å². The quantitative estimate of drug-likeness (QED) is 0.453. The molecule has 1 rings (SSSR count). The number of methoxy groups -OCH3 is 4. The molecule has 0 saturated heterocycles. The Morgan fingerprint density at radius 2 is 1.04 bits per heavy atom. The van der Waals surface area contributed by atoms with Crippen LogP contribution in [0.5, 0.6) is 0 Å². The first-order valence-electron chi connectivity index (χ1n) is 9.10. The predicted octanol–water partition coefficient (Wildman–Crippen LogP) is 0.552. The fourth-order valence-corrected chi connectivity index (χ4v) is 2.43. The topological polar surface area (TPSA) is 90.4 Å². The summed E-state index contributed by atoms with van der Waals surface area (Å²) in [6.07, 6.45) is 0. The molecular weight excluding hydrogens is 366 g/mol. The van der Waals surface area contributed by atoms with E-state index in [0.717, 1.165) is 0 Å². The molecular formula is C19H31N3O6. The highest BCUT2D eigenvalue weighted by Crippen LogP contribution is 2.08. The Kier molecular flexibility index (Phi) is 12.0. The van der Waals surface area contributed by atoms with E-state index in [1.54, 1.807) is 56.4 Å². The van der Waals surface area contributed by atoms with Crippen LogP contribution in [0.3, 0.4) is 0 Å². The van der Waals surface area contributed by atoms with Crippen molar-refractivity contribution in [1.82, 2.24) is 14.8 Å². The van der Waals surface area contributed by atoms with Crippen molar-refractivity contribution in [2.45, 2.75) is 0 Å². The maximum absolute atomic E-state index is 12.8. The number of amides is 2. The Labute approximate surface area is 166 Å². The van der Waals surface area contributed by atoms with Gasteiger partial charge in [-0.1, -0.05) is 6.07 Å². The maximum Gasteiger partial charge on any atom is 0.272 e. The lowest BCUT2D eigenvalue weighted by Gasteiger charge is -2.23. The number of pyridine rings is 1. The molecule has 9 heteroatoms. The molecule has 2 amide bonds. The fraction of sp³-hybridized carbons (Fsp3) is 0.632. The molecule has 9 nitrogen and oxygen atoms in total. The molecule has 0 aliphatic carbocycles. The van der Waals surface area contributed by atoms with Crippen molar-refractivity contribution in [3.05, 3.63) is 29.6 Å². The summed E-state index contributed by atoms with van der Waals surface area (Å²) < 4.78 is 20.3. The second-order valence-corrected chi connectivity index (χ2v) is 5.96. The van der Waals surface area contributed by atoms with Crippen LogP contribution in [0.25, 0.3) is 0 Å². The van der Waals surface area contributed by atoms with Crippen LogP contribution in [0, 0.1) is 0 Å². The number of ether oxygens (including phenoxy) is 4. The Balaban J connectivity index is 2.97. The van der Waals surface area contributed by atoms with Gasteiger partial charge in [0.05, 0.1) is 26.4 Å². The number of hydrogen-bond acceptors (Lipinski definition) is 7. The summed E-state index contributed by atoms with van der Waals surface area (Å²) in [4.78, 5) is 33.2. The number of aromatic nitrogens is 1. The van der Waals surface area contributed by atoms with Crippen molar-refractivity contribution in [3.63, 3.8) is 0 Å². The average molecular weight is 397 g/mol. The monoisotopic (exact) mass is 397 g/mol. The minimum absolute atomic E-state index is 0.205. The summed E-state index contributed by atoms with van der Waals surface area (Å²) in [7, 11) is 6.30. The lowest BCUT2D eigenvalue weighted by molar-refractivity contribution is 0.0612. The summed E-state index contributed by atoms with van der Waals surface area (Å²) >= 11 is 0. The summed E-state index contributed by atoms with van der Waals surface area (Å²) in [5, 5.41) is 0. The molecule has 0 aliphatic heterocycles. The normalized spacial score (nSPS) is 10.7. The summed E-state index contributed by atoms with van der Waals surface area (Å²) in [6, 6.07) is 4.85. The number of carbonyl (C=O) groups is 2. The summed E-state index contributed by atoms with van der Waals surface area (Å²) in [6.45, 7) is 3.23. The van der Waals surface area contributed by atoms with Gasteiger partial charge in [-0.2, -0.15) is 0 Å². The molecule has 0 bridgehead atoms. The van der Waals surface area contributed by atoms with E-state index in [0.29, 0.717) is 52.6 Å². The van der Waals surface area contributed by atoms with Crippen molar-refractivity contribution in [2.75, 3.05) is 81.0 Å². The number of nitrogens with zero attached hydrogens (tertiary/aromatic N) is 3. The lowest BCUT2D eigenvalue weighted by atomic mass is 10.2. The Hall–Kier alpha value is -2.07. The molecule has 0 fully saturated rings. The highest BCUT2D eigenvalue weighted by atomic mass is 16.5. The zero-order valence-electron chi connectivity index (χ0n) is 17.2. The molecule has 0 spiro atoms. The van der Waals surface area contributed by atoms with E-state index in [1.165, 1.54) is 0 Å². The van der Waals surface area contributed by atoms with Crippen LogP contribution < -0.4 is 0 Å². The molecule has 28 heavy (non-hydrogen) atoms. The minimum atomic E-state index is -0.274. The van der Waals surface area contributed by atoms with Crippen molar-refractivity contribution in [2.24, 2.45) is 0 Å². The molecule has 0 aromatic carbocycles. The Bertz CT molecular complexity index is 536. The molecule has 1 heterocycles. The molecule has 0 radical (unpaired) electrons. The van der Waals surface area contributed by atoms with Crippen LogP contribution in [0.2, 0.25) is 0 Å². The number of hydrogen-bond donors (Lipinski definition) is 0. The molecule has 0 atom stereocenters. The predicted molar refractivity (Wildman–Crippen MR) is 104 cm³/mol. The highest BCUT2D eigenvalue weighted by Gasteiger charge is 2.21. The second-order valence-electron chi connectivity index (χ2n) is 5.96. The first-order chi connectivity index (χ1) is 13.6. The van der Waals surface area contributed by atoms with E-state index in [9.17, 15) is 9.59 Å². The first-order valence-corrected chi connectivity index (χ1v) is 9.10. The van der Waals surface area contributed by atoms with Gasteiger partial charge >= 0.3 is 0 Å². The third kappa shape index (κ3) is 7.89. The van der Waals surface area contributed by atoms with E-state index in [4.69, 9.17) is 18.9 Å². The minimum Gasteiger partial charge on any atom is -0.383 e. The van der Waals surface area contributed by atoms with Crippen molar-refractivity contribution in [1.29, 1.82) is 0 Å². The van der Waals surface area contributed by atoms with Gasteiger partial charge in [0, 0.05) is 54.6 Å². The largest absolute Gasteiger partial charge is 0.383 e. The molecule has 0 N–H and O–H groups in total. The third-order valence-electron chi connectivity index (χ3n) is 4.02. The fourth-order valence-electron chi connectivity index (χ4n) is 2.43. The molecule has 158 valence electrons. The van der Waals surface area contributed by atoms with Gasteiger partial charge in [-0.3, -0.25) is 9.59 Å². The highest BCUT2D eigenvalue weighted by molar-refractivity contribution is 5.96. The SMILES string of the molecule is COCCN(CCOC)C(=O)c1cccc(C(=O)N(CCOC)CCOC)n1. The molecule has 0 aliphatic rings. The van der Waals surface area contributed by atoms with Crippen LogP contribution in [0.4, 0.5) is 0 Å². The molecule has 1 aromatic rings. The van der Waals surface area contributed by atoms with Gasteiger partial charge in [0.1, 0.15) is 11.4 Å². The first kappa shape index (κ1) is 24.0. The number of rotatable bonds is 14. The van der Waals surface area contributed by atoms with Crippen LogP contribution in [0.15, 0.2) is 18.2 Å². The molecule has 0 unspecified atom stereocenters. The van der Waals surface area contributed by atoms with Gasteiger partial charge in [-0.15, -0.1) is 0 Å². The lowest BCUT2D eigenvalue weighted by Crippen LogP contribution is -2.38. The van der Waals surface area contributed by atoms with Crippen LogP contribution in [0.1, 0.15) is 21.0 Å². The van der Waals surface area contributed by atoms with Crippen molar-refractivity contribution >= 4 is 11.8 Å². The van der Waals surface area contributed by atoms with Gasteiger partial charge in [-0.25, -0.2) is 4.98 Å². The van der Waals surface area contributed by atoms with Crippen molar-refractivity contribution < 1.29 is 28.5 Å². The van der Waals surface area contributed by atoms with Crippen LogP contribution in [-0.2, 0) is 18.9 Å². The standard InChI is InChI=1S/C19H31N3O6/c1-25-12-8-21(9-13-26-2)18(23)16-6-5-7-17(20-16)19(24)22(10-14-27-3)11-15-28-4/h5-7H,8-15H2,1-4H3. The van der Waals surface area contributed by atoms with Gasteiger partial charge in [0.15, 0.2) is 0 Å². The van der Waals surface area contributed by atoms with E-state index >= 15 is 0 Å². The zero-order chi connectivity index (χ0) is 20.8. The Morgan fingerprint density at radius 3 is 1.32 bits per heavy atom. The van der Waals surface area contributed by atoms with E-state index in [2.05, 4.69) is 4.98 Å². The van der Waals surface area contributed by atoms with Gasteiger partial charge in [-0.05, 0) is 12.1 Å². The Morgan fingerprint density at radius 1 is 0.714 bits per heavy atom. The van der Waals surface area contributed by atoms with E-state index in [1.807, 2.05) is 0 Å². The summed E-state index contributed by atoms with van der Waals surface area (Å²) in [5.41, 5.74) is 0.410. The smallest absolute Gasteiger partial charge is 0.272 e. The zero-order valence-corrected chi connectivity index (χ0v) is 17.2. The number of carbonyl (C=O) groups excluding carboxylic acids is 2. The third-order valence-corrected chi connectivity index (χ3v) is 4.02. The average Bonchev–Trinajstić information content (AvgIpc) is 2.73. The van der Waals surface area contributed by atoms with Gasteiger partial charge < -0.3 is 28.7 Å².